The first kappa shape index (κ1) is 18.5. The summed E-state index contributed by atoms with van der Waals surface area (Å²) in [4.78, 5) is 10.5. The van der Waals surface area contributed by atoms with Gasteiger partial charge in [0.05, 0.1) is 4.91 Å². The molecule has 0 fully saturated rings. The van der Waals surface area contributed by atoms with Crippen LogP contribution in [0.2, 0.25) is 0 Å². The van der Waals surface area contributed by atoms with Gasteiger partial charge in [-0.15, -0.1) is 0 Å². The molecule has 8 heteroatoms. The number of nitrogens with zero attached hydrogens (tertiary/aromatic N) is 1. The van der Waals surface area contributed by atoms with Crippen LogP contribution >= 0.6 is 0 Å². The molecule has 0 aliphatic heterocycles. The zero-order valence-electron chi connectivity index (χ0n) is 13.4. The van der Waals surface area contributed by atoms with Crippen LogP contribution in [0.4, 0.5) is 5.69 Å². The molecule has 0 saturated carbocycles. The summed E-state index contributed by atoms with van der Waals surface area (Å²) in [5, 5.41) is 9.00. The first-order chi connectivity index (χ1) is 12.5. The molecule has 0 spiro atoms. The van der Waals surface area contributed by atoms with Crippen molar-refractivity contribution in [1.82, 2.24) is 0 Å². The number of benzene rings is 3. The number of hydrogen-bond acceptors (Lipinski definition) is 4. The monoisotopic (exact) mass is 484 g/mol. The van der Waals surface area contributed by atoms with Crippen LogP contribution in [0.15, 0.2) is 89.8 Å². The average molecular weight is 484 g/mol. The van der Waals surface area contributed by atoms with Crippen LogP contribution in [0.5, 0.6) is 0 Å². The second kappa shape index (κ2) is 7.94. The molecule has 0 atom stereocenters. The fraction of sp³-hybridized carbons (Fsp3) is 0. The minimum Gasteiger partial charge on any atom is -0.241 e. The Kier molecular flexibility index (Phi) is 5.64. The third-order valence-corrected chi connectivity index (χ3v) is 10.7. The lowest BCUT2D eigenvalue weighted by Gasteiger charge is -2.05. The molecule has 0 aliphatic rings. The zero-order valence-corrected chi connectivity index (χ0v) is 16.4. The second-order valence-electron chi connectivity index (χ2n) is 5.13. The van der Waals surface area contributed by atoms with Gasteiger partial charge in [-0.1, -0.05) is 42.5 Å². The molecular formula is C18H15INO5S+2. The summed E-state index contributed by atoms with van der Waals surface area (Å²) in [5.74, 6) is 0. The lowest BCUT2D eigenvalue weighted by Crippen LogP contribution is -3.85. The first-order valence-corrected chi connectivity index (χ1v) is 11.9. The van der Waals surface area contributed by atoms with Crippen LogP contribution in [0.3, 0.4) is 0 Å². The summed E-state index contributed by atoms with van der Waals surface area (Å²) < 4.78 is 32.9. The highest BCUT2D eigenvalue weighted by atomic mass is 127. The molecule has 26 heavy (non-hydrogen) atoms. The highest BCUT2D eigenvalue weighted by Crippen LogP contribution is 2.17. The van der Waals surface area contributed by atoms with Crippen molar-refractivity contribution < 1.29 is 41.3 Å². The Hall–Kier alpha value is -2.30. The third-order valence-electron chi connectivity index (χ3n) is 3.34. The van der Waals surface area contributed by atoms with Gasteiger partial charge in [0.15, 0.2) is 7.14 Å². The maximum absolute atomic E-state index is 12.8. The van der Waals surface area contributed by atoms with Gasteiger partial charge in [-0.25, -0.2) is 5.21 Å². The maximum Gasteiger partial charge on any atom is 0.336 e. The number of hydrogen-bond donors (Lipinski definition) is 1. The summed E-state index contributed by atoms with van der Waals surface area (Å²) in [7, 11) is -4.12. The summed E-state index contributed by atoms with van der Waals surface area (Å²) in [6, 6.07) is 23.5. The minimum atomic E-state index is -4.12. The quantitative estimate of drug-likeness (QED) is 0.407. The maximum atomic E-state index is 12.8. The molecular weight excluding hydrogens is 469 g/mol. The highest BCUT2D eigenvalue weighted by Gasteiger charge is 2.38. The molecule has 0 heterocycles. The van der Waals surface area contributed by atoms with Gasteiger partial charge in [0, 0.05) is 12.1 Å². The van der Waals surface area contributed by atoms with Crippen LogP contribution in [0, 0.1) is 12.0 Å². The van der Waals surface area contributed by atoms with Crippen LogP contribution in [-0.2, 0) is 12.6 Å². The largest absolute Gasteiger partial charge is 0.336 e. The Balaban J connectivity index is 2.01. The Morgan fingerprint density at radius 1 is 0.808 bits per heavy atom. The molecule has 0 aliphatic carbocycles. The van der Waals surface area contributed by atoms with E-state index in [0.717, 1.165) is 13.2 Å². The van der Waals surface area contributed by atoms with Gasteiger partial charge in [-0.3, -0.25) is 0 Å². The van der Waals surface area contributed by atoms with E-state index in [1.54, 1.807) is 0 Å². The van der Waals surface area contributed by atoms with Gasteiger partial charge >= 0.3 is 36.0 Å². The van der Waals surface area contributed by atoms with Crippen LogP contribution < -0.4 is 20.2 Å². The zero-order chi connectivity index (χ0) is 18.6. The fourth-order valence-corrected chi connectivity index (χ4v) is 9.17. The van der Waals surface area contributed by atoms with E-state index in [1.165, 1.54) is 18.2 Å². The van der Waals surface area contributed by atoms with Gasteiger partial charge < -0.3 is 0 Å². The van der Waals surface area contributed by atoms with E-state index in [2.05, 4.69) is 0 Å². The van der Waals surface area contributed by atoms with Crippen molar-refractivity contribution in [3.05, 3.63) is 97.0 Å². The first-order valence-electron chi connectivity index (χ1n) is 7.49. The molecule has 0 unspecified atom stereocenters. The van der Waals surface area contributed by atoms with E-state index in [-0.39, 0.29) is 15.5 Å². The molecule has 3 aromatic rings. The SMILES string of the molecule is O=[N+](O)c1cccc(S(=O)(=O)O[I+](c2ccccc2)c2ccccc2)c1. The molecule has 0 amide bonds. The Morgan fingerprint density at radius 3 is 1.85 bits per heavy atom. The van der Waals surface area contributed by atoms with E-state index in [1.807, 2.05) is 60.7 Å². The van der Waals surface area contributed by atoms with Crippen molar-refractivity contribution in [3.63, 3.8) is 0 Å². The molecule has 0 saturated heterocycles. The molecule has 1 radical (unpaired) electrons. The van der Waals surface area contributed by atoms with E-state index in [9.17, 15) is 13.3 Å². The van der Waals surface area contributed by atoms with Crippen molar-refractivity contribution in [2.75, 3.05) is 0 Å². The summed E-state index contributed by atoms with van der Waals surface area (Å²) in [5.41, 5.74) is -0.186. The van der Waals surface area contributed by atoms with Crippen molar-refractivity contribution in [2.24, 2.45) is 0 Å². The van der Waals surface area contributed by atoms with Gasteiger partial charge in [-0.2, -0.15) is 8.42 Å². The third kappa shape index (κ3) is 4.26. The molecule has 3 aromatic carbocycles. The fourth-order valence-electron chi connectivity index (χ4n) is 2.13. The molecule has 0 aromatic heterocycles. The predicted octanol–water partition coefficient (Wildman–Crippen LogP) is 0.471. The van der Waals surface area contributed by atoms with Crippen LogP contribution in [0.25, 0.3) is 0 Å². The molecule has 6 nitrogen and oxygen atoms in total. The second-order valence-corrected chi connectivity index (χ2v) is 11.6. The Morgan fingerprint density at radius 2 is 1.35 bits per heavy atom. The van der Waals surface area contributed by atoms with Gasteiger partial charge in [0.1, 0.15) is 4.90 Å². The summed E-state index contributed by atoms with van der Waals surface area (Å²) >= 11 is -2.74. The van der Waals surface area contributed by atoms with Crippen LogP contribution in [0.1, 0.15) is 0 Å². The smallest absolute Gasteiger partial charge is 0.241 e. The van der Waals surface area contributed by atoms with Gasteiger partial charge in [-0.05, 0) is 32.8 Å². The van der Waals surface area contributed by atoms with E-state index in [0.29, 0.717) is 0 Å². The number of halogens is 1. The van der Waals surface area contributed by atoms with Crippen molar-refractivity contribution in [3.8, 4) is 0 Å². The summed E-state index contributed by atoms with van der Waals surface area (Å²) in [6.07, 6.45) is 0. The predicted molar refractivity (Wildman–Crippen MR) is 90.1 cm³/mol. The average Bonchev–Trinajstić information content (AvgIpc) is 2.67. The van der Waals surface area contributed by atoms with Crippen LogP contribution in [-0.4, -0.2) is 18.5 Å². The van der Waals surface area contributed by atoms with Crippen molar-refractivity contribution in [1.29, 1.82) is 0 Å². The van der Waals surface area contributed by atoms with Gasteiger partial charge in [0.2, 0.25) is 0 Å². The van der Waals surface area contributed by atoms with Crippen molar-refractivity contribution >= 4 is 15.8 Å². The Bertz CT molecular complexity index is 971. The Labute approximate surface area is 158 Å². The highest BCUT2D eigenvalue weighted by molar-refractivity contribution is 7.86. The topological polar surface area (TPSA) is 83.7 Å². The molecule has 0 bridgehead atoms. The minimum absolute atomic E-state index is 0.181. The number of rotatable bonds is 6. The van der Waals surface area contributed by atoms with E-state index < -0.39 is 30.4 Å². The lowest BCUT2D eigenvalue weighted by atomic mass is 10.3. The van der Waals surface area contributed by atoms with Gasteiger partial charge in [0.25, 0.3) is 4.92 Å². The lowest BCUT2D eigenvalue weighted by molar-refractivity contribution is -1.03. The molecule has 3 rings (SSSR count). The molecule has 133 valence electrons. The normalized spacial score (nSPS) is 11.4. The standard InChI is InChI=1S/C18H15INO5S/c21-20(22)17-12-7-13-18(14-17)26(23,24)25-19(15-8-3-1-4-9-15)16-10-5-2-6-11-16/h1-14H,(H,21,22)/q+2. The van der Waals surface area contributed by atoms with E-state index >= 15 is 0 Å². The summed E-state index contributed by atoms with van der Waals surface area (Å²) in [6.45, 7) is 0. The van der Waals surface area contributed by atoms with Crippen molar-refractivity contribution in [2.45, 2.75) is 4.90 Å². The molecule has 1 N–H and O–H groups in total. The van der Waals surface area contributed by atoms with E-state index in [4.69, 9.17) is 7.72 Å².